The van der Waals surface area contributed by atoms with Gasteiger partial charge in [-0.05, 0) is 23.6 Å². The van der Waals surface area contributed by atoms with Crippen LogP contribution in [0.3, 0.4) is 0 Å². The summed E-state index contributed by atoms with van der Waals surface area (Å²) in [5, 5.41) is 1.86. The molecule has 0 saturated heterocycles. The van der Waals surface area contributed by atoms with Crippen LogP contribution < -0.4 is 0 Å². The molecule has 0 aliphatic carbocycles. The number of rotatable bonds is 4. The number of nitrogens with zero attached hydrogens (tertiary/aromatic N) is 2. The number of thiophene rings is 1. The van der Waals surface area contributed by atoms with Crippen molar-refractivity contribution < 1.29 is 14.3 Å². The van der Waals surface area contributed by atoms with E-state index in [4.69, 9.17) is 0 Å². The molecule has 100 valence electrons. The number of carbonyl (C=O) groups excluding carboxylic acids is 2. The van der Waals surface area contributed by atoms with E-state index in [9.17, 15) is 9.59 Å². The fraction of sp³-hybridized carbons (Fsp3) is 0.231. The van der Waals surface area contributed by atoms with Crippen molar-refractivity contribution in [1.82, 2.24) is 9.47 Å². The topological polar surface area (TPSA) is 51.5 Å². The fourth-order valence-corrected chi connectivity index (χ4v) is 2.55. The van der Waals surface area contributed by atoms with Gasteiger partial charge >= 0.3 is 5.97 Å². The molecule has 0 fully saturated rings. The molecule has 19 heavy (non-hydrogen) atoms. The average molecular weight is 278 g/mol. The summed E-state index contributed by atoms with van der Waals surface area (Å²) in [5.74, 6) is -0.626. The molecule has 0 saturated carbocycles. The van der Waals surface area contributed by atoms with Crippen molar-refractivity contribution in [3.8, 4) is 5.69 Å². The molecule has 2 aromatic rings. The number of amides is 1. The molecule has 0 bridgehead atoms. The molecule has 2 heterocycles. The lowest BCUT2D eigenvalue weighted by Gasteiger charge is -2.15. The van der Waals surface area contributed by atoms with Crippen molar-refractivity contribution >= 4 is 23.2 Å². The fourth-order valence-electron chi connectivity index (χ4n) is 1.66. The Balaban J connectivity index is 2.21. The molecule has 0 spiro atoms. The van der Waals surface area contributed by atoms with Gasteiger partial charge in [0, 0.05) is 19.4 Å². The third-order valence-electron chi connectivity index (χ3n) is 2.66. The predicted molar refractivity (Wildman–Crippen MR) is 72.6 cm³/mol. The number of aromatic nitrogens is 1. The zero-order chi connectivity index (χ0) is 13.8. The van der Waals surface area contributed by atoms with Gasteiger partial charge in [-0.2, -0.15) is 0 Å². The van der Waals surface area contributed by atoms with Gasteiger partial charge in [0.15, 0.2) is 0 Å². The van der Waals surface area contributed by atoms with Crippen LogP contribution in [-0.4, -0.2) is 42.0 Å². The van der Waals surface area contributed by atoms with Crippen LogP contribution in [0.25, 0.3) is 5.69 Å². The van der Waals surface area contributed by atoms with E-state index in [1.807, 2.05) is 40.5 Å². The summed E-state index contributed by atoms with van der Waals surface area (Å²) in [6.45, 7) is -0.0572. The van der Waals surface area contributed by atoms with E-state index < -0.39 is 5.97 Å². The molecule has 1 amide bonds. The quantitative estimate of drug-likeness (QED) is 0.801. The third kappa shape index (κ3) is 2.85. The molecule has 0 aliphatic rings. The summed E-state index contributed by atoms with van der Waals surface area (Å²) < 4.78 is 6.43. The molecular formula is C13H14N2O3S. The summed E-state index contributed by atoms with van der Waals surface area (Å²) in [5.41, 5.74) is 0.816. The van der Waals surface area contributed by atoms with Crippen LogP contribution in [0.2, 0.25) is 0 Å². The predicted octanol–water partition coefficient (Wildman–Crippen LogP) is 1.78. The van der Waals surface area contributed by atoms with E-state index in [0.717, 1.165) is 5.69 Å². The molecular weight excluding hydrogens is 264 g/mol. The Hall–Kier alpha value is -2.08. The smallest absolute Gasteiger partial charge is 0.325 e. The Morgan fingerprint density at radius 1 is 1.37 bits per heavy atom. The van der Waals surface area contributed by atoms with Gasteiger partial charge in [-0.3, -0.25) is 9.59 Å². The number of likely N-dealkylation sites (N-methyl/N-ethyl adjacent to an activating group) is 1. The molecule has 0 N–H and O–H groups in total. The van der Waals surface area contributed by atoms with Gasteiger partial charge in [0.1, 0.15) is 11.4 Å². The number of hydrogen-bond acceptors (Lipinski definition) is 4. The molecule has 0 aliphatic heterocycles. The largest absolute Gasteiger partial charge is 0.468 e. The Labute approximate surface area is 115 Å². The number of hydrogen-bond donors (Lipinski definition) is 0. The van der Waals surface area contributed by atoms with E-state index in [-0.39, 0.29) is 12.5 Å². The van der Waals surface area contributed by atoms with Crippen LogP contribution in [0.1, 0.15) is 9.67 Å². The van der Waals surface area contributed by atoms with E-state index in [1.165, 1.54) is 23.3 Å². The van der Waals surface area contributed by atoms with Gasteiger partial charge in [-0.25, -0.2) is 0 Å². The lowest BCUT2D eigenvalue weighted by molar-refractivity contribution is -0.141. The zero-order valence-electron chi connectivity index (χ0n) is 10.7. The molecule has 0 aromatic carbocycles. The normalized spacial score (nSPS) is 10.2. The lowest BCUT2D eigenvalue weighted by Crippen LogP contribution is -2.32. The second-order valence-electron chi connectivity index (χ2n) is 3.96. The highest BCUT2D eigenvalue weighted by Crippen LogP contribution is 2.22. The standard InChI is InChI=1S/C13H14N2O3S/c1-14(9-11(16)18-2)13(17)12-10(5-8-19-12)15-6-3-4-7-15/h3-8H,9H2,1-2H3. The highest BCUT2D eigenvalue weighted by atomic mass is 32.1. The molecule has 0 atom stereocenters. The van der Waals surface area contributed by atoms with Gasteiger partial charge in [-0.15, -0.1) is 11.3 Å². The second kappa shape index (κ2) is 5.71. The monoisotopic (exact) mass is 278 g/mol. The highest BCUT2D eigenvalue weighted by Gasteiger charge is 2.20. The van der Waals surface area contributed by atoms with Crippen LogP contribution in [0.5, 0.6) is 0 Å². The summed E-state index contributed by atoms with van der Waals surface area (Å²) in [6, 6.07) is 5.66. The summed E-state index contributed by atoms with van der Waals surface area (Å²) >= 11 is 1.35. The lowest BCUT2D eigenvalue weighted by atomic mass is 10.3. The second-order valence-corrected chi connectivity index (χ2v) is 4.88. The van der Waals surface area contributed by atoms with Crippen molar-refractivity contribution in [2.75, 3.05) is 20.7 Å². The number of esters is 1. The first-order valence-corrected chi connectivity index (χ1v) is 6.54. The maximum atomic E-state index is 12.3. The van der Waals surface area contributed by atoms with Crippen molar-refractivity contribution in [3.05, 3.63) is 40.8 Å². The maximum Gasteiger partial charge on any atom is 0.325 e. The zero-order valence-corrected chi connectivity index (χ0v) is 11.5. The highest BCUT2D eigenvalue weighted by molar-refractivity contribution is 7.12. The third-order valence-corrected chi connectivity index (χ3v) is 3.55. The molecule has 5 nitrogen and oxygen atoms in total. The molecule has 2 aromatic heterocycles. The van der Waals surface area contributed by atoms with Gasteiger partial charge in [0.2, 0.25) is 0 Å². The van der Waals surface area contributed by atoms with E-state index in [0.29, 0.717) is 4.88 Å². The minimum absolute atomic E-state index is 0.0572. The molecule has 0 radical (unpaired) electrons. The average Bonchev–Trinajstić information content (AvgIpc) is 3.07. The maximum absolute atomic E-state index is 12.3. The minimum Gasteiger partial charge on any atom is -0.468 e. The SMILES string of the molecule is COC(=O)CN(C)C(=O)c1sccc1-n1cccc1. The van der Waals surface area contributed by atoms with Crippen LogP contribution in [0, 0.1) is 0 Å². The van der Waals surface area contributed by atoms with Gasteiger partial charge in [0.25, 0.3) is 5.91 Å². The van der Waals surface area contributed by atoms with Crippen LogP contribution >= 0.6 is 11.3 Å². The van der Waals surface area contributed by atoms with Crippen molar-refractivity contribution in [2.45, 2.75) is 0 Å². The van der Waals surface area contributed by atoms with Crippen LogP contribution in [-0.2, 0) is 9.53 Å². The summed E-state index contributed by atoms with van der Waals surface area (Å²) in [6.07, 6.45) is 3.75. The Kier molecular flexibility index (Phi) is 4.01. The number of ether oxygens (including phenoxy) is 1. The Bertz CT molecular complexity index is 574. The number of methoxy groups -OCH3 is 1. The summed E-state index contributed by atoms with van der Waals surface area (Å²) in [4.78, 5) is 25.4. The van der Waals surface area contributed by atoms with E-state index >= 15 is 0 Å². The first-order valence-electron chi connectivity index (χ1n) is 5.66. The molecule has 6 heteroatoms. The van der Waals surface area contributed by atoms with Crippen molar-refractivity contribution in [2.24, 2.45) is 0 Å². The van der Waals surface area contributed by atoms with Gasteiger partial charge in [-0.1, -0.05) is 0 Å². The molecule has 2 rings (SSSR count). The van der Waals surface area contributed by atoms with Crippen molar-refractivity contribution in [3.63, 3.8) is 0 Å². The van der Waals surface area contributed by atoms with Crippen LogP contribution in [0.4, 0.5) is 0 Å². The van der Waals surface area contributed by atoms with Crippen molar-refractivity contribution in [1.29, 1.82) is 0 Å². The van der Waals surface area contributed by atoms with Gasteiger partial charge < -0.3 is 14.2 Å². The minimum atomic E-state index is -0.435. The Morgan fingerprint density at radius 3 is 2.68 bits per heavy atom. The van der Waals surface area contributed by atoms with Crippen LogP contribution in [0.15, 0.2) is 36.0 Å². The first kappa shape index (κ1) is 13.4. The van der Waals surface area contributed by atoms with Gasteiger partial charge in [0.05, 0.1) is 12.8 Å². The summed E-state index contributed by atoms with van der Waals surface area (Å²) in [7, 11) is 2.88. The molecule has 0 unspecified atom stereocenters. The number of carbonyl (C=O) groups is 2. The van der Waals surface area contributed by atoms with E-state index in [2.05, 4.69) is 4.74 Å². The first-order chi connectivity index (χ1) is 9.13. The van der Waals surface area contributed by atoms with E-state index in [1.54, 1.807) is 7.05 Å². The Morgan fingerprint density at radius 2 is 2.05 bits per heavy atom.